The van der Waals surface area contributed by atoms with Gasteiger partial charge >= 0.3 is 11.9 Å². The number of benzene rings is 2. The van der Waals surface area contributed by atoms with E-state index in [4.69, 9.17) is 9.47 Å². The molecule has 0 fully saturated rings. The average Bonchev–Trinajstić information content (AvgIpc) is 3.52. The normalized spacial score (nSPS) is 11.4. The molecule has 0 radical (unpaired) electrons. The van der Waals surface area contributed by atoms with Crippen LogP contribution in [-0.2, 0) is 31.9 Å². The predicted octanol–water partition coefficient (Wildman–Crippen LogP) is 7.91. The van der Waals surface area contributed by atoms with Crippen molar-refractivity contribution in [2.75, 3.05) is 13.2 Å². The lowest BCUT2D eigenvalue weighted by atomic mass is 9.97. The Bertz CT molecular complexity index is 1820. The predicted molar refractivity (Wildman–Crippen MR) is 175 cm³/mol. The summed E-state index contributed by atoms with van der Waals surface area (Å²) in [5, 5.41) is 0. The van der Waals surface area contributed by atoms with Gasteiger partial charge in [0.05, 0.1) is 24.6 Å². The summed E-state index contributed by atoms with van der Waals surface area (Å²) in [5.41, 5.74) is 10.9. The first kappa shape index (κ1) is 28.7. The second kappa shape index (κ2) is 12.9. The number of hydrogen-bond donors (Lipinski definition) is 0. The Morgan fingerprint density at radius 2 is 0.955 bits per heavy atom. The Morgan fingerprint density at radius 1 is 0.568 bits per heavy atom. The lowest BCUT2D eigenvalue weighted by Crippen LogP contribution is -2.03. The second-order valence-corrected chi connectivity index (χ2v) is 10.6. The SMILES string of the molecule is CC(=O)OCCc1c(-c2ccccc2)c(/C=C/c2c(-c3ccccc3)c(CCOC(C)=O)c3ccccn23)n2ccccc12. The fourth-order valence-corrected chi connectivity index (χ4v) is 6.04. The van der Waals surface area contributed by atoms with Crippen molar-refractivity contribution in [2.45, 2.75) is 26.7 Å². The van der Waals surface area contributed by atoms with Crippen molar-refractivity contribution in [3.05, 3.63) is 132 Å². The Morgan fingerprint density at radius 3 is 1.34 bits per heavy atom. The van der Waals surface area contributed by atoms with Gasteiger partial charge in [-0.3, -0.25) is 9.59 Å². The molecule has 6 nitrogen and oxygen atoms in total. The maximum absolute atomic E-state index is 11.6. The Labute approximate surface area is 256 Å². The molecule has 0 saturated carbocycles. The highest BCUT2D eigenvalue weighted by Gasteiger charge is 2.21. The van der Waals surface area contributed by atoms with E-state index in [9.17, 15) is 9.59 Å². The molecule has 0 aliphatic carbocycles. The molecule has 0 saturated heterocycles. The first-order valence-corrected chi connectivity index (χ1v) is 14.8. The summed E-state index contributed by atoms with van der Waals surface area (Å²) < 4.78 is 15.2. The van der Waals surface area contributed by atoms with Crippen molar-refractivity contribution in [3.63, 3.8) is 0 Å². The van der Waals surface area contributed by atoms with Crippen LogP contribution in [0.25, 0.3) is 45.4 Å². The van der Waals surface area contributed by atoms with Gasteiger partial charge < -0.3 is 18.3 Å². The summed E-state index contributed by atoms with van der Waals surface area (Å²) >= 11 is 0. The fraction of sp³-hybridized carbons (Fsp3) is 0.158. The molecule has 0 bridgehead atoms. The van der Waals surface area contributed by atoms with E-state index in [1.807, 2.05) is 60.7 Å². The maximum Gasteiger partial charge on any atom is 0.302 e. The van der Waals surface area contributed by atoms with Crippen LogP contribution in [0, 0.1) is 0 Å². The fourth-order valence-electron chi connectivity index (χ4n) is 6.04. The molecular weight excluding hydrogens is 548 g/mol. The zero-order valence-electron chi connectivity index (χ0n) is 24.9. The summed E-state index contributed by atoms with van der Waals surface area (Å²) in [6, 6.07) is 33.1. The van der Waals surface area contributed by atoms with Crippen LogP contribution >= 0.6 is 0 Å². The Hall–Kier alpha value is -5.36. The number of esters is 2. The molecule has 0 atom stereocenters. The molecule has 0 unspecified atom stereocenters. The van der Waals surface area contributed by atoms with E-state index in [0.29, 0.717) is 26.1 Å². The van der Waals surface area contributed by atoms with E-state index in [1.165, 1.54) is 13.8 Å². The molecule has 0 N–H and O–H groups in total. The van der Waals surface area contributed by atoms with Crippen molar-refractivity contribution in [2.24, 2.45) is 0 Å². The zero-order chi connectivity index (χ0) is 30.5. The van der Waals surface area contributed by atoms with Crippen LogP contribution < -0.4 is 0 Å². The van der Waals surface area contributed by atoms with Crippen LogP contribution in [0.1, 0.15) is 36.4 Å². The lowest BCUT2D eigenvalue weighted by molar-refractivity contribution is -0.141. The summed E-state index contributed by atoms with van der Waals surface area (Å²) in [6.45, 7) is 3.49. The molecule has 4 aromatic heterocycles. The molecule has 4 heterocycles. The van der Waals surface area contributed by atoms with Crippen LogP contribution in [0.4, 0.5) is 0 Å². The number of carbonyl (C=O) groups is 2. The summed E-state index contributed by atoms with van der Waals surface area (Å²) in [6.07, 6.45) is 9.71. The largest absolute Gasteiger partial charge is 0.466 e. The highest BCUT2D eigenvalue weighted by Crippen LogP contribution is 2.38. The van der Waals surface area contributed by atoms with E-state index in [0.717, 1.165) is 55.8 Å². The minimum absolute atomic E-state index is 0.284. The van der Waals surface area contributed by atoms with Crippen molar-refractivity contribution in [1.82, 2.24) is 8.80 Å². The van der Waals surface area contributed by atoms with Gasteiger partial charge in [-0.2, -0.15) is 0 Å². The molecule has 44 heavy (non-hydrogen) atoms. The number of hydrogen-bond acceptors (Lipinski definition) is 4. The zero-order valence-corrected chi connectivity index (χ0v) is 24.9. The van der Waals surface area contributed by atoms with Crippen molar-refractivity contribution < 1.29 is 19.1 Å². The second-order valence-electron chi connectivity index (χ2n) is 10.6. The summed E-state index contributed by atoms with van der Waals surface area (Å²) in [7, 11) is 0. The molecule has 0 spiro atoms. The summed E-state index contributed by atoms with van der Waals surface area (Å²) in [4.78, 5) is 23.2. The number of pyridine rings is 2. The number of nitrogens with zero attached hydrogens (tertiary/aromatic N) is 2. The molecule has 220 valence electrons. The van der Waals surface area contributed by atoms with Crippen LogP contribution in [0.3, 0.4) is 0 Å². The van der Waals surface area contributed by atoms with E-state index >= 15 is 0 Å². The minimum Gasteiger partial charge on any atom is -0.466 e. The van der Waals surface area contributed by atoms with Gasteiger partial charge in [-0.15, -0.1) is 0 Å². The Balaban J connectivity index is 1.56. The quantitative estimate of drug-likeness (QED) is 0.154. The van der Waals surface area contributed by atoms with E-state index in [2.05, 4.69) is 69.7 Å². The van der Waals surface area contributed by atoms with Crippen LogP contribution in [0.2, 0.25) is 0 Å². The van der Waals surface area contributed by atoms with E-state index < -0.39 is 0 Å². The van der Waals surface area contributed by atoms with Gasteiger partial charge in [0.1, 0.15) is 0 Å². The molecule has 6 aromatic rings. The number of rotatable bonds is 10. The number of fused-ring (bicyclic) bond motifs is 2. The van der Waals surface area contributed by atoms with Gasteiger partial charge in [-0.1, -0.05) is 72.8 Å². The van der Waals surface area contributed by atoms with E-state index in [1.54, 1.807) is 0 Å². The molecule has 2 aromatic carbocycles. The van der Waals surface area contributed by atoms with Gasteiger partial charge in [-0.05, 0) is 58.7 Å². The van der Waals surface area contributed by atoms with Crippen molar-refractivity contribution in [3.8, 4) is 22.3 Å². The van der Waals surface area contributed by atoms with Crippen LogP contribution in [0.15, 0.2) is 109 Å². The van der Waals surface area contributed by atoms with Crippen LogP contribution in [0.5, 0.6) is 0 Å². The first-order valence-electron chi connectivity index (χ1n) is 14.8. The van der Waals surface area contributed by atoms with Gasteiger partial charge in [0.25, 0.3) is 0 Å². The highest BCUT2D eigenvalue weighted by molar-refractivity contribution is 5.92. The van der Waals surface area contributed by atoms with Crippen molar-refractivity contribution in [1.29, 1.82) is 0 Å². The third-order valence-electron chi connectivity index (χ3n) is 7.81. The topological polar surface area (TPSA) is 61.4 Å². The molecular formula is C38H34N2O4. The number of carbonyl (C=O) groups excluding carboxylic acids is 2. The Kier molecular flexibility index (Phi) is 8.41. The monoisotopic (exact) mass is 582 g/mol. The van der Waals surface area contributed by atoms with E-state index in [-0.39, 0.29) is 11.9 Å². The average molecular weight is 583 g/mol. The first-order chi connectivity index (χ1) is 21.5. The number of aromatic nitrogens is 2. The molecule has 0 amide bonds. The van der Waals surface area contributed by atoms with Crippen LogP contribution in [-0.4, -0.2) is 34.0 Å². The van der Waals surface area contributed by atoms with Gasteiger partial charge in [0.15, 0.2) is 0 Å². The van der Waals surface area contributed by atoms with Crippen molar-refractivity contribution >= 4 is 35.1 Å². The molecule has 6 heteroatoms. The smallest absolute Gasteiger partial charge is 0.302 e. The standard InChI is InChI=1S/C38H34N2O4/c1-27(41)43-25-21-31-33-17-9-11-23-39(33)35(37(31)29-13-5-3-6-14-29)19-20-36-38(30-15-7-4-8-16-30)32(22-26-44-28(2)42)34-18-10-12-24-40(34)36/h3-20,23-24H,21-22,25-26H2,1-2H3/b20-19+. The van der Waals surface area contributed by atoms with Gasteiger partial charge in [0.2, 0.25) is 0 Å². The highest BCUT2D eigenvalue weighted by atomic mass is 16.5. The third-order valence-corrected chi connectivity index (χ3v) is 7.81. The maximum atomic E-state index is 11.6. The third kappa shape index (κ3) is 5.79. The molecule has 0 aliphatic rings. The lowest BCUT2D eigenvalue weighted by Gasteiger charge is -2.08. The summed E-state index contributed by atoms with van der Waals surface area (Å²) in [5.74, 6) is -0.569. The molecule has 0 aliphatic heterocycles. The molecule has 6 rings (SSSR count). The number of ether oxygens (including phenoxy) is 2. The van der Waals surface area contributed by atoms with Gasteiger partial charge in [-0.25, -0.2) is 0 Å². The minimum atomic E-state index is -0.284. The van der Waals surface area contributed by atoms with Gasteiger partial charge in [0, 0.05) is 61.2 Å².